The average molecular weight is 401 g/mol. The van der Waals surface area contributed by atoms with E-state index in [9.17, 15) is 14.4 Å². The number of carbonyl (C=O) groups excluding carboxylic acids is 3. The number of benzene rings is 1. The summed E-state index contributed by atoms with van der Waals surface area (Å²) in [6, 6.07) is 6.87. The molecular weight excluding hydrogens is 376 g/mol. The van der Waals surface area contributed by atoms with Crippen LogP contribution in [0.15, 0.2) is 24.3 Å². The van der Waals surface area contributed by atoms with Crippen LogP contribution < -0.4 is 5.32 Å². The predicted octanol–water partition coefficient (Wildman–Crippen LogP) is 3.63. The van der Waals surface area contributed by atoms with Crippen molar-refractivity contribution in [2.24, 2.45) is 0 Å². The quantitative estimate of drug-likeness (QED) is 0.566. The van der Waals surface area contributed by atoms with E-state index in [1.807, 2.05) is 20.8 Å². The van der Waals surface area contributed by atoms with Gasteiger partial charge in [0.25, 0.3) is 11.8 Å². The summed E-state index contributed by atoms with van der Waals surface area (Å²) in [5.41, 5.74) is 0.849. The minimum atomic E-state index is -0.232. The van der Waals surface area contributed by atoms with Gasteiger partial charge in [0.15, 0.2) is 0 Å². The van der Waals surface area contributed by atoms with E-state index < -0.39 is 0 Å². The van der Waals surface area contributed by atoms with Crippen molar-refractivity contribution in [2.45, 2.75) is 51.9 Å². The lowest BCUT2D eigenvalue weighted by Crippen LogP contribution is -2.30. The van der Waals surface area contributed by atoms with Gasteiger partial charge in [-0.15, -0.1) is 10.2 Å². The Bertz CT molecular complexity index is 866. The van der Waals surface area contributed by atoms with E-state index in [1.165, 1.54) is 16.2 Å². The Hall–Kier alpha value is -2.61. The molecule has 148 valence electrons. The number of nitrogens with zero attached hydrogens (tertiary/aromatic N) is 3. The molecule has 28 heavy (non-hydrogen) atoms. The van der Waals surface area contributed by atoms with Crippen LogP contribution in [0.3, 0.4) is 0 Å². The summed E-state index contributed by atoms with van der Waals surface area (Å²) < 4.78 is 0. The van der Waals surface area contributed by atoms with Crippen molar-refractivity contribution in [3.05, 3.63) is 40.4 Å². The van der Waals surface area contributed by atoms with Crippen molar-refractivity contribution >= 4 is 34.2 Å². The average Bonchev–Trinajstić information content (AvgIpc) is 3.20. The predicted molar refractivity (Wildman–Crippen MR) is 108 cm³/mol. The molecule has 1 aromatic carbocycles. The van der Waals surface area contributed by atoms with E-state index in [1.54, 1.807) is 24.3 Å². The fraction of sp³-hybridized carbons (Fsp3) is 0.450. The molecule has 2 heterocycles. The summed E-state index contributed by atoms with van der Waals surface area (Å²) in [4.78, 5) is 37.9. The highest BCUT2D eigenvalue weighted by Gasteiger charge is 2.34. The van der Waals surface area contributed by atoms with Gasteiger partial charge in [-0.3, -0.25) is 19.3 Å². The monoisotopic (exact) mass is 400 g/mol. The maximum Gasteiger partial charge on any atom is 0.261 e. The van der Waals surface area contributed by atoms with Gasteiger partial charge in [-0.1, -0.05) is 50.7 Å². The second kappa shape index (κ2) is 8.18. The summed E-state index contributed by atoms with van der Waals surface area (Å²) in [5.74, 6) is -0.564. The molecule has 0 fully saturated rings. The number of aromatic nitrogens is 2. The van der Waals surface area contributed by atoms with Crippen molar-refractivity contribution in [2.75, 3.05) is 11.9 Å². The van der Waals surface area contributed by atoms with Gasteiger partial charge in [0.1, 0.15) is 5.01 Å². The molecule has 3 rings (SSSR count). The number of hydrogen-bond acceptors (Lipinski definition) is 6. The minimum absolute atomic E-state index is 0.0925. The molecule has 0 radical (unpaired) electrons. The van der Waals surface area contributed by atoms with E-state index in [4.69, 9.17) is 0 Å². The molecule has 0 saturated heterocycles. The van der Waals surface area contributed by atoms with E-state index in [0.29, 0.717) is 42.1 Å². The third-order valence-corrected chi connectivity index (χ3v) is 5.74. The van der Waals surface area contributed by atoms with Gasteiger partial charge in [-0.2, -0.15) is 0 Å². The second-order valence-corrected chi connectivity index (χ2v) is 8.81. The molecule has 1 aliphatic rings. The Labute approximate surface area is 168 Å². The Morgan fingerprint density at radius 2 is 1.68 bits per heavy atom. The SMILES string of the molecule is CC(C)(C)c1nnc(NC(=O)CCCCCN2C(=O)c3ccccc3C2=O)s1. The van der Waals surface area contributed by atoms with E-state index in [2.05, 4.69) is 15.5 Å². The van der Waals surface area contributed by atoms with Gasteiger partial charge in [0, 0.05) is 18.4 Å². The minimum Gasteiger partial charge on any atom is -0.301 e. The largest absolute Gasteiger partial charge is 0.301 e. The van der Waals surface area contributed by atoms with Crippen LogP contribution in [0, 0.1) is 0 Å². The highest BCUT2D eigenvalue weighted by atomic mass is 32.1. The van der Waals surface area contributed by atoms with E-state index in [-0.39, 0.29) is 23.1 Å². The van der Waals surface area contributed by atoms with Crippen LogP contribution >= 0.6 is 11.3 Å². The molecule has 0 unspecified atom stereocenters. The van der Waals surface area contributed by atoms with Crippen LogP contribution in [-0.4, -0.2) is 39.4 Å². The number of imide groups is 1. The first-order valence-electron chi connectivity index (χ1n) is 9.36. The zero-order chi connectivity index (χ0) is 20.3. The molecule has 0 aliphatic carbocycles. The fourth-order valence-corrected chi connectivity index (χ4v) is 3.75. The molecule has 7 nitrogen and oxygen atoms in total. The first-order chi connectivity index (χ1) is 13.3. The van der Waals surface area contributed by atoms with Crippen molar-refractivity contribution in [3.8, 4) is 0 Å². The summed E-state index contributed by atoms with van der Waals surface area (Å²) in [7, 11) is 0. The van der Waals surface area contributed by atoms with Gasteiger partial charge >= 0.3 is 0 Å². The van der Waals surface area contributed by atoms with Crippen molar-refractivity contribution in [1.29, 1.82) is 0 Å². The molecule has 0 saturated carbocycles. The first-order valence-corrected chi connectivity index (χ1v) is 10.2. The molecule has 3 amide bonds. The first kappa shape index (κ1) is 20.1. The molecule has 0 bridgehead atoms. The number of unbranched alkanes of at least 4 members (excludes halogenated alkanes) is 2. The lowest BCUT2D eigenvalue weighted by molar-refractivity contribution is -0.116. The summed E-state index contributed by atoms with van der Waals surface area (Å²) in [6.45, 7) is 6.52. The van der Waals surface area contributed by atoms with Crippen LogP contribution in [-0.2, 0) is 10.2 Å². The molecule has 8 heteroatoms. The third-order valence-electron chi connectivity index (χ3n) is 4.48. The van der Waals surface area contributed by atoms with E-state index >= 15 is 0 Å². The van der Waals surface area contributed by atoms with Crippen molar-refractivity contribution in [3.63, 3.8) is 0 Å². The number of carbonyl (C=O) groups is 3. The second-order valence-electron chi connectivity index (χ2n) is 7.83. The van der Waals surface area contributed by atoms with Gasteiger partial charge in [-0.25, -0.2) is 0 Å². The summed E-state index contributed by atoms with van der Waals surface area (Å²) in [6.07, 6.45) is 2.47. The molecule has 0 spiro atoms. The standard InChI is InChI=1S/C20H24N4O3S/c1-20(2,3)18-22-23-19(28-18)21-15(25)11-5-4-8-12-24-16(26)13-9-6-7-10-14(13)17(24)27/h6-7,9-10H,4-5,8,11-12H2,1-3H3,(H,21,23,25). The van der Waals surface area contributed by atoms with Gasteiger partial charge in [0.2, 0.25) is 11.0 Å². The van der Waals surface area contributed by atoms with Crippen LogP contribution in [0.2, 0.25) is 0 Å². The zero-order valence-electron chi connectivity index (χ0n) is 16.3. The highest BCUT2D eigenvalue weighted by molar-refractivity contribution is 7.15. The highest BCUT2D eigenvalue weighted by Crippen LogP contribution is 2.28. The molecule has 1 aliphatic heterocycles. The number of amides is 3. The summed E-state index contributed by atoms with van der Waals surface area (Å²) >= 11 is 1.39. The van der Waals surface area contributed by atoms with Crippen LogP contribution in [0.25, 0.3) is 0 Å². The number of hydrogen-bond donors (Lipinski definition) is 1. The molecule has 1 N–H and O–H groups in total. The molecule has 2 aromatic rings. The van der Waals surface area contributed by atoms with Gasteiger partial charge in [0.05, 0.1) is 11.1 Å². The lowest BCUT2D eigenvalue weighted by atomic mass is 9.98. The third kappa shape index (κ3) is 4.44. The lowest BCUT2D eigenvalue weighted by Gasteiger charge is -2.13. The number of fused-ring (bicyclic) bond motifs is 1. The Kier molecular flexibility index (Phi) is 5.88. The Balaban J connectivity index is 1.38. The molecule has 0 atom stereocenters. The normalized spacial score (nSPS) is 13.8. The zero-order valence-corrected chi connectivity index (χ0v) is 17.1. The van der Waals surface area contributed by atoms with Crippen LogP contribution in [0.5, 0.6) is 0 Å². The Morgan fingerprint density at radius 1 is 1.04 bits per heavy atom. The number of rotatable bonds is 7. The maximum atomic E-state index is 12.3. The number of anilines is 1. The van der Waals surface area contributed by atoms with Crippen molar-refractivity contribution < 1.29 is 14.4 Å². The topological polar surface area (TPSA) is 92.3 Å². The smallest absolute Gasteiger partial charge is 0.261 e. The molecule has 1 aromatic heterocycles. The maximum absolute atomic E-state index is 12.3. The molecular formula is C20H24N4O3S. The Morgan fingerprint density at radius 3 is 2.25 bits per heavy atom. The van der Waals surface area contributed by atoms with Gasteiger partial charge in [-0.05, 0) is 25.0 Å². The van der Waals surface area contributed by atoms with Crippen LogP contribution in [0.1, 0.15) is 72.2 Å². The summed E-state index contributed by atoms with van der Waals surface area (Å²) in [5, 5.41) is 12.3. The van der Waals surface area contributed by atoms with Crippen LogP contribution in [0.4, 0.5) is 5.13 Å². The van der Waals surface area contributed by atoms with E-state index in [0.717, 1.165) is 11.4 Å². The van der Waals surface area contributed by atoms with Gasteiger partial charge < -0.3 is 5.32 Å². The number of nitrogens with one attached hydrogen (secondary N) is 1. The fourth-order valence-electron chi connectivity index (χ4n) is 2.93. The van der Waals surface area contributed by atoms with Crippen molar-refractivity contribution in [1.82, 2.24) is 15.1 Å².